The predicted molar refractivity (Wildman–Crippen MR) is 89.8 cm³/mol. The number of nitrogens with zero attached hydrogens (tertiary/aromatic N) is 3. The number of piperidine rings is 1. The van der Waals surface area contributed by atoms with Crippen molar-refractivity contribution in [2.24, 2.45) is 11.8 Å². The van der Waals surface area contributed by atoms with Crippen LogP contribution in [-0.4, -0.2) is 70.3 Å². The van der Waals surface area contributed by atoms with Gasteiger partial charge in [0.05, 0.1) is 18.8 Å². The van der Waals surface area contributed by atoms with Crippen molar-refractivity contribution < 1.29 is 19.4 Å². The summed E-state index contributed by atoms with van der Waals surface area (Å²) in [5.41, 5.74) is -0.755. The molecule has 3 saturated heterocycles. The van der Waals surface area contributed by atoms with Crippen molar-refractivity contribution in [3.8, 4) is 0 Å². The average Bonchev–Trinajstić information content (AvgIpc) is 3.14. The highest BCUT2D eigenvalue weighted by atomic mass is 16.5. The summed E-state index contributed by atoms with van der Waals surface area (Å²) in [6.07, 6.45) is 6.41. The van der Waals surface area contributed by atoms with Crippen LogP contribution in [-0.2, 0) is 20.8 Å². The highest BCUT2D eigenvalue weighted by Crippen LogP contribution is 2.44. The Balaban J connectivity index is 1.43. The van der Waals surface area contributed by atoms with Gasteiger partial charge in [0.25, 0.3) is 0 Å². The Labute approximate surface area is 147 Å². The molecule has 1 amide bonds. The Bertz CT molecular complexity index is 593. The van der Waals surface area contributed by atoms with Crippen LogP contribution in [0.15, 0.2) is 18.5 Å². The van der Waals surface area contributed by atoms with Crippen LogP contribution < -0.4 is 0 Å². The fraction of sp³-hybridized carbons (Fsp3) is 0.778. The van der Waals surface area contributed by atoms with Gasteiger partial charge in [0.1, 0.15) is 0 Å². The molecule has 7 heteroatoms. The summed E-state index contributed by atoms with van der Waals surface area (Å²) in [6.45, 7) is 3.66. The fourth-order valence-electron chi connectivity index (χ4n) is 4.71. The van der Waals surface area contributed by atoms with Crippen molar-refractivity contribution in [2.45, 2.75) is 43.9 Å². The first-order chi connectivity index (χ1) is 12.2. The molecule has 4 rings (SSSR count). The van der Waals surface area contributed by atoms with Gasteiger partial charge < -0.3 is 19.5 Å². The second-order valence-corrected chi connectivity index (χ2v) is 7.47. The molecule has 0 radical (unpaired) electrons. The summed E-state index contributed by atoms with van der Waals surface area (Å²) in [7, 11) is 0. The first kappa shape index (κ1) is 17.0. The molecule has 0 bridgehead atoms. The molecule has 3 aliphatic heterocycles. The van der Waals surface area contributed by atoms with E-state index in [-0.39, 0.29) is 23.8 Å². The third kappa shape index (κ3) is 3.20. The summed E-state index contributed by atoms with van der Waals surface area (Å²) >= 11 is 0. The number of aliphatic hydroxyl groups is 1. The number of fused-ring (bicyclic) bond motifs is 3. The van der Waals surface area contributed by atoms with Crippen LogP contribution in [0.25, 0.3) is 0 Å². The smallest absolute Gasteiger partial charge is 0.222 e. The zero-order valence-corrected chi connectivity index (χ0v) is 14.5. The normalized spacial score (nSPS) is 35.1. The summed E-state index contributed by atoms with van der Waals surface area (Å²) in [5.74, 6) is 0.162. The molecule has 0 saturated carbocycles. The van der Waals surface area contributed by atoms with Crippen LogP contribution in [0.3, 0.4) is 0 Å². The number of carbonyl (C=O) groups is 1. The molecule has 3 aliphatic rings. The summed E-state index contributed by atoms with van der Waals surface area (Å²) in [6, 6.07) is 1.98. The van der Waals surface area contributed by atoms with Gasteiger partial charge >= 0.3 is 0 Å². The van der Waals surface area contributed by atoms with Gasteiger partial charge in [-0.05, 0) is 18.9 Å². The fourth-order valence-corrected chi connectivity index (χ4v) is 4.71. The van der Waals surface area contributed by atoms with Gasteiger partial charge in [-0.3, -0.25) is 9.48 Å². The van der Waals surface area contributed by atoms with Crippen LogP contribution >= 0.6 is 0 Å². The third-order valence-corrected chi connectivity index (χ3v) is 6.11. The standard InChI is InChI=1S/C18H27N3O4/c22-17(3-1-7-20-8-2-6-19-20)21-11-14-12-25-10-5-18(14,23)15-13-24-9-4-16(15)21/h2,6,8,14-16,23H,1,3-5,7,9-13H2/t14-,15+,16-,18-/m0/s1. The molecular formula is C18H27N3O4. The van der Waals surface area contributed by atoms with Crippen LogP contribution in [0.4, 0.5) is 0 Å². The Morgan fingerprint density at radius 1 is 1.32 bits per heavy atom. The van der Waals surface area contributed by atoms with E-state index in [0.717, 1.165) is 19.4 Å². The maximum Gasteiger partial charge on any atom is 0.222 e. The van der Waals surface area contributed by atoms with Crippen molar-refractivity contribution in [3.05, 3.63) is 18.5 Å². The molecule has 3 fully saturated rings. The van der Waals surface area contributed by atoms with Gasteiger partial charge in [-0.25, -0.2) is 0 Å². The topological polar surface area (TPSA) is 76.8 Å². The first-order valence-corrected chi connectivity index (χ1v) is 9.33. The minimum atomic E-state index is -0.755. The van der Waals surface area contributed by atoms with Crippen LogP contribution in [0.5, 0.6) is 0 Å². The monoisotopic (exact) mass is 349 g/mol. The van der Waals surface area contributed by atoms with Crippen LogP contribution in [0, 0.1) is 11.8 Å². The molecule has 0 unspecified atom stereocenters. The van der Waals surface area contributed by atoms with E-state index >= 15 is 0 Å². The van der Waals surface area contributed by atoms with E-state index in [2.05, 4.69) is 5.10 Å². The predicted octanol–water partition coefficient (Wildman–Crippen LogP) is 0.678. The minimum Gasteiger partial charge on any atom is -0.389 e. The highest BCUT2D eigenvalue weighted by Gasteiger charge is 2.56. The lowest BCUT2D eigenvalue weighted by Gasteiger charge is -2.57. The number of rotatable bonds is 4. The Morgan fingerprint density at radius 2 is 2.20 bits per heavy atom. The molecule has 1 aromatic heterocycles. The lowest BCUT2D eigenvalue weighted by molar-refractivity contribution is -0.219. The van der Waals surface area contributed by atoms with Gasteiger partial charge in [0.2, 0.25) is 5.91 Å². The maximum atomic E-state index is 12.9. The third-order valence-electron chi connectivity index (χ3n) is 6.11. The lowest BCUT2D eigenvalue weighted by atomic mass is 9.66. The summed E-state index contributed by atoms with van der Waals surface area (Å²) < 4.78 is 13.1. The number of likely N-dealkylation sites (tertiary alicyclic amines) is 1. The maximum absolute atomic E-state index is 12.9. The molecule has 1 aromatic rings. The number of carbonyl (C=O) groups excluding carboxylic acids is 1. The number of aryl methyl sites for hydroxylation is 1. The molecule has 0 spiro atoms. The summed E-state index contributed by atoms with van der Waals surface area (Å²) in [4.78, 5) is 14.9. The lowest BCUT2D eigenvalue weighted by Crippen LogP contribution is -2.68. The zero-order chi connectivity index (χ0) is 17.3. The summed E-state index contributed by atoms with van der Waals surface area (Å²) in [5, 5.41) is 15.5. The molecular weight excluding hydrogens is 322 g/mol. The van der Waals surface area contributed by atoms with Crippen molar-refractivity contribution in [3.63, 3.8) is 0 Å². The molecule has 0 aliphatic carbocycles. The number of hydrogen-bond donors (Lipinski definition) is 1. The van der Waals surface area contributed by atoms with Crippen molar-refractivity contribution in [1.29, 1.82) is 0 Å². The van der Waals surface area contributed by atoms with Crippen molar-refractivity contribution in [1.82, 2.24) is 14.7 Å². The number of hydrogen-bond acceptors (Lipinski definition) is 5. The minimum absolute atomic E-state index is 0.000958. The SMILES string of the molecule is O=C(CCCn1cccn1)N1C[C@H]2COCC[C@@]2(O)[C@@H]2COCC[C@@H]21. The molecule has 25 heavy (non-hydrogen) atoms. The van der Waals surface area contributed by atoms with E-state index in [1.807, 2.05) is 21.8 Å². The van der Waals surface area contributed by atoms with E-state index in [1.165, 1.54) is 0 Å². The zero-order valence-electron chi connectivity index (χ0n) is 14.5. The van der Waals surface area contributed by atoms with E-state index < -0.39 is 5.60 Å². The average molecular weight is 349 g/mol. The molecule has 4 heterocycles. The second kappa shape index (κ2) is 7.05. The van der Waals surface area contributed by atoms with Gasteiger partial charge in [0, 0.05) is 69.4 Å². The Morgan fingerprint density at radius 3 is 3.04 bits per heavy atom. The quantitative estimate of drug-likeness (QED) is 0.865. The largest absolute Gasteiger partial charge is 0.389 e. The molecule has 138 valence electrons. The van der Waals surface area contributed by atoms with Crippen LogP contribution in [0.1, 0.15) is 25.7 Å². The van der Waals surface area contributed by atoms with Gasteiger partial charge in [0.15, 0.2) is 0 Å². The van der Waals surface area contributed by atoms with Crippen molar-refractivity contribution >= 4 is 5.91 Å². The molecule has 1 N–H and O–H groups in total. The molecule has 7 nitrogen and oxygen atoms in total. The van der Waals surface area contributed by atoms with Gasteiger partial charge in [-0.2, -0.15) is 5.10 Å². The molecule has 4 atom stereocenters. The molecule has 0 aromatic carbocycles. The van der Waals surface area contributed by atoms with Gasteiger partial charge in [-0.1, -0.05) is 0 Å². The van der Waals surface area contributed by atoms with Crippen LogP contribution in [0.2, 0.25) is 0 Å². The van der Waals surface area contributed by atoms with Crippen molar-refractivity contribution in [2.75, 3.05) is 33.0 Å². The highest BCUT2D eigenvalue weighted by molar-refractivity contribution is 5.76. The number of amides is 1. The van der Waals surface area contributed by atoms with E-state index in [0.29, 0.717) is 45.8 Å². The first-order valence-electron chi connectivity index (χ1n) is 9.33. The Hall–Kier alpha value is -1.44. The van der Waals surface area contributed by atoms with E-state index in [4.69, 9.17) is 9.47 Å². The van der Waals surface area contributed by atoms with Gasteiger partial charge in [-0.15, -0.1) is 0 Å². The van der Waals surface area contributed by atoms with E-state index in [1.54, 1.807) is 6.20 Å². The Kier molecular flexibility index (Phi) is 4.80. The number of ether oxygens (including phenoxy) is 2. The van der Waals surface area contributed by atoms with E-state index in [9.17, 15) is 9.90 Å². The second-order valence-electron chi connectivity index (χ2n) is 7.47. The number of aromatic nitrogens is 2.